The highest BCUT2D eigenvalue weighted by Crippen LogP contribution is 2.14. The summed E-state index contributed by atoms with van der Waals surface area (Å²) in [7, 11) is 3.92. The molecule has 4 nitrogen and oxygen atoms in total. The fourth-order valence-corrected chi connectivity index (χ4v) is 1.49. The van der Waals surface area contributed by atoms with Crippen LogP contribution in [-0.2, 0) is 4.79 Å². The van der Waals surface area contributed by atoms with Crippen LogP contribution in [-0.4, -0.2) is 44.5 Å². The molecule has 0 atom stereocenters. The maximum Gasteiger partial charge on any atom is 0.239 e. The van der Waals surface area contributed by atoms with Crippen molar-refractivity contribution < 1.29 is 13.6 Å². The van der Waals surface area contributed by atoms with E-state index < -0.39 is 11.6 Å². The topological polar surface area (TPSA) is 44.4 Å². The van der Waals surface area contributed by atoms with Gasteiger partial charge in [-0.15, -0.1) is 0 Å². The minimum absolute atomic E-state index is 0.0372. The number of carbonyl (C=O) groups excluding carboxylic acids is 1. The summed E-state index contributed by atoms with van der Waals surface area (Å²) in [6.07, 6.45) is 0.851. The van der Waals surface area contributed by atoms with Gasteiger partial charge in [-0.2, -0.15) is 0 Å². The number of amides is 1. The molecule has 0 fully saturated rings. The minimum atomic E-state index is -0.708. The SMILES string of the molecule is CN(C)CCCNC(=O)CNc1ccc(F)cc1F. The molecule has 0 aromatic heterocycles. The summed E-state index contributed by atoms with van der Waals surface area (Å²) < 4.78 is 25.9. The molecule has 106 valence electrons. The van der Waals surface area contributed by atoms with E-state index >= 15 is 0 Å². The predicted octanol–water partition coefficient (Wildman–Crippen LogP) is 1.44. The molecule has 1 rings (SSSR count). The van der Waals surface area contributed by atoms with E-state index in [2.05, 4.69) is 10.6 Å². The van der Waals surface area contributed by atoms with Crippen molar-refractivity contribution >= 4 is 11.6 Å². The van der Waals surface area contributed by atoms with Crippen LogP contribution in [0.5, 0.6) is 0 Å². The van der Waals surface area contributed by atoms with E-state index in [0.717, 1.165) is 25.1 Å². The Bertz CT molecular complexity index is 424. The highest BCUT2D eigenvalue weighted by Gasteiger charge is 2.05. The largest absolute Gasteiger partial charge is 0.374 e. The number of anilines is 1. The van der Waals surface area contributed by atoms with Crippen molar-refractivity contribution in [3.8, 4) is 0 Å². The molecular weight excluding hydrogens is 252 g/mol. The zero-order valence-electron chi connectivity index (χ0n) is 11.2. The summed E-state index contributed by atoms with van der Waals surface area (Å²) in [5.74, 6) is -1.57. The number of hydrogen-bond acceptors (Lipinski definition) is 3. The molecule has 2 N–H and O–H groups in total. The second-order valence-electron chi connectivity index (χ2n) is 4.48. The number of benzene rings is 1. The normalized spacial score (nSPS) is 10.6. The van der Waals surface area contributed by atoms with Crippen molar-refractivity contribution in [2.45, 2.75) is 6.42 Å². The van der Waals surface area contributed by atoms with Gasteiger partial charge >= 0.3 is 0 Å². The van der Waals surface area contributed by atoms with E-state index in [1.807, 2.05) is 19.0 Å². The maximum atomic E-state index is 13.3. The van der Waals surface area contributed by atoms with Crippen LogP contribution in [0.2, 0.25) is 0 Å². The van der Waals surface area contributed by atoms with Crippen LogP contribution in [0, 0.1) is 11.6 Å². The highest BCUT2D eigenvalue weighted by molar-refractivity contribution is 5.80. The molecule has 0 aliphatic carbocycles. The zero-order valence-corrected chi connectivity index (χ0v) is 11.2. The minimum Gasteiger partial charge on any atom is -0.374 e. The molecule has 0 saturated carbocycles. The number of hydrogen-bond donors (Lipinski definition) is 2. The first-order chi connectivity index (χ1) is 8.99. The number of nitrogens with zero attached hydrogens (tertiary/aromatic N) is 1. The fraction of sp³-hybridized carbons (Fsp3) is 0.462. The van der Waals surface area contributed by atoms with Crippen molar-refractivity contribution in [3.63, 3.8) is 0 Å². The van der Waals surface area contributed by atoms with E-state index in [1.165, 1.54) is 6.07 Å². The quantitative estimate of drug-likeness (QED) is 0.738. The Hall–Kier alpha value is -1.69. The van der Waals surface area contributed by atoms with E-state index in [4.69, 9.17) is 0 Å². The van der Waals surface area contributed by atoms with Crippen LogP contribution in [0.25, 0.3) is 0 Å². The lowest BCUT2D eigenvalue weighted by atomic mass is 10.3. The Morgan fingerprint density at radius 3 is 2.68 bits per heavy atom. The van der Waals surface area contributed by atoms with Gasteiger partial charge < -0.3 is 15.5 Å². The van der Waals surface area contributed by atoms with E-state index in [1.54, 1.807) is 0 Å². The molecule has 6 heteroatoms. The van der Waals surface area contributed by atoms with Crippen LogP contribution < -0.4 is 10.6 Å². The molecule has 0 heterocycles. The first-order valence-corrected chi connectivity index (χ1v) is 6.09. The summed E-state index contributed by atoms with van der Waals surface area (Å²) in [4.78, 5) is 13.5. The van der Waals surface area contributed by atoms with Crippen LogP contribution >= 0.6 is 0 Å². The third kappa shape index (κ3) is 6.15. The van der Waals surface area contributed by atoms with E-state index in [0.29, 0.717) is 6.54 Å². The van der Waals surface area contributed by atoms with Crippen LogP contribution in [0.1, 0.15) is 6.42 Å². The first-order valence-electron chi connectivity index (χ1n) is 6.09. The number of nitrogens with one attached hydrogen (secondary N) is 2. The lowest BCUT2D eigenvalue weighted by Gasteiger charge is -2.11. The van der Waals surface area contributed by atoms with Gasteiger partial charge in [0.05, 0.1) is 12.2 Å². The van der Waals surface area contributed by atoms with Crippen LogP contribution in [0.4, 0.5) is 14.5 Å². The molecule has 0 spiro atoms. The van der Waals surface area contributed by atoms with Crippen molar-refractivity contribution in [2.24, 2.45) is 0 Å². The molecule has 0 bridgehead atoms. The van der Waals surface area contributed by atoms with Crippen molar-refractivity contribution in [3.05, 3.63) is 29.8 Å². The summed E-state index contributed by atoms with van der Waals surface area (Å²) in [5.41, 5.74) is 0.116. The monoisotopic (exact) mass is 271 g/mol. The first kappa shape index (κ1) is 15.4. The highest BCUT2D eigenvalue weighted by atomic mass is 19.1. The average molecular weight is 271 g/mol. The Labute approximate surface area is 111 Å². The van der Waals surface area contributed by atoms with Gasteiger partial charge in [-0.25, -0.2) is 8.78 Å². The Kier molecular flexibility index (Phi) is 6.21. The summed E-state index contributed by atoms with van der Waals surface area (Å²) >= 11 is 0. The van der Waals surface area contributed by atoms with Gasteiger partial charge in [-0.05, 0) is 39.2 Å². The van der Waals surface area contributed by atoms with Crippen molar-refractivity contribution in [1.29, 1.82) is 0 Å². The Morgan fingerprint density at radius 2 is 2.05 bits per heavy atom. The van der Waals surface area contributed by atoms with Crippen molar-refractivity contribution in [1.82, 2.24) is 10.2 Å². The Balaban J connectivity index is 2.26. The molecule has 0 aliphatic heterocycles. The second-order valence-corrected chi connectivity index (χ2v) is 4.48. The van der Waals surface area contributed by atoms with Gasteiger partial charge in [0.15, 0.2) is 0 Å². The molecule has 0 radical (unpaired) electrons. The third-order valence-corrected chi connectivity index (χ3v) is 2.47. The molecule has 0 unspecified atom stereocenters. The second kappa shape index (κ2) is 7.68. The standard InChI is InChI=1S/C13H19F2N3O/c1-18(2)7-3-6-16-13(19)9-17-12-5-4-10(14)8-11(12)15/h4-5,8,17H,3,6-7,9H2,1-2H3,(H,16,19). The van der Waals surface area contributed by atoms with Gasteiger partial charge in [-0.3, -0.25) is 4.79 Å². The summed E-state index contributed by atoms with van der Waals surface area (Å²) in [6.45, 7) is 1.43. The maximum absolute atomic E-state index is 13.3. The van der Waals surface area contributed by atoms with Crippen LogP contribution in [0.3, 0.4) is 0 Å². The van der Waals surface area contributed by atoms with Gasteiger partial charge in [0.2, 0.25) is 5.91 Å². The van der Waals surface area contributed by atoms with Gasteiger partial charge in [0.1, 0.15) is 11.6 Å². The molecule has 0 aliphatic rings. The van der Waals surface area contributed by atoms with E-state index in [-0.39, 0.29) is 18.1 Å². The van der Waals surface area contributed by atoms with Gasteiger partial charge in [-0.1, -0.05) is 0 Å². The number of rotatable bonds is 7. The summed E-state index contributed by atoms with van der Waals surface area (Å²) in [5, 5.41) is 5.34. The average Bonchev–Trinajstić information content (AvgIpc) is 2.33. The number of carbonyl (C=O) groups is 1. The molecular formula is C13H19F2N3O. The molecule has 0 saturated heterocycles. The van der Waals surface area contributed by atoms with E-state index in [9.17, 15) is 13.6 Å². The lowest BCUT2D eigenvalue weighted by molar-refractivity contribution is -0.119. The summed E-state index contributed by atoms with van der Waals surface area (Å²) in [6, 6.07) is 3.18. The lowest BCUT2D eigenvalue weighted by Crippen LogP contribution is -2.32. The number of halogens is 2. The smallest absolute Gasteiger partial charge is 0.239 e. The predicted molar refractivity (Wildman–Crippen MR) is 71.0 cm³/mol. The van der Waals surface area contributed by atoms with Gasteiger partial charge in [0.25, 0.3) is 0 Å². The van der Waals surface area contributed by atoms with Gasteiger partial charge in [0, 0.05) is 12.6 Å². The zero-order chi connectivity index (χ0) is 14.3. The molecule has 1 aromatic rings. The van der Waals surface area contributed by atoms with Crippen LogP contribution in [0.15, 0.2) is 18.2 Å². The fourth-order valence-electron chi connectivity index (χ4n) is 1.49. The Morgan fingerprint density at radius 1 is 1.32 bits per heavy atom. The molecule has 19 heavy (non-hydrogen) atoms. The molecule has 1 amide bonds. The molecule has 1 aromatic carbocycles. The third-order valence-electron chi connectivity index (χ3n) is 2.47. The van der Waals surface area contributed by atoms with Crippen molar-refractivity contribution in [2.75, 3.05) is 39.0 Å².